The Kier molecular flexibility index (Phi) is 9.21. The number of nitrogens with zero attached hydrogens (tertiary/aromatic N) is 2. The number of anilines is 1. The number of carbonyl (C=O) groups is 2. The molecule has 1 heterocycles. The molecule has 1 aromatic carbocycles. The lowest BCUT2D eigenvalue weighted by Crippen LogP contribution is -2.37. The summed E-state index contributed by atoms with van der Waals surface area (Å²) in [5.41, 5.74) is 0.696. The zero-order valence-corrected chi connectivity index (χ0v) is 15.9. The third-order valence-corrected chi connectivity index (χ3v) is 4.51. The fourth-order valence-corrected chi connectivity index (χ4v) is 3.24. The second-order valence-electron chi connectivity index (χ2n) is 6.23. The van der Waals surface area contributed by atoms with E-state index in [1.165, 1.54) is 0 Å². The number of carboxylic acid groups (broad SMARTS) is 1. The van der Waals surface area contributed by atoms with Crippen LogP contribution in [0.3, 0.4) is 0 Å². The lowest BCUT2D eigenvalue weighted by molar-refractivity contribution is -0.138. The Morgan fingerprint density at radius 1 is 1.36 bits per heavy atom. The van der Waals surface area contributed by atoms with Gasteiger partial charge >= 0.3 is 5.97 Å². The van der Waals surface area contributed by atoms with Crippen molar-refractivity contribution in [2.24, 2.45) is 0 Å². The monoisotopic (exact) mass is 389 g/mol. The molecule has 25 heavy (non-hydrogen) atoms. The van der Waals surface area contributed by atoms with Gasteiger partial charge in [0.1, 0.15) is 0 Å². The van der Waals surface area contributed by atoms with Crippen LogP contribution in [0.25, 0.3) is 0 Å². The second-order valence-corrected chi connectivity index (χ2v) is 6.66. The van der Waals surface area contributed by atoms with Crippen molar-refractivity contribution in [1.29, 1.82) is 0 Å². The van der Waals surface area contributed by atoms with Crippen molar-refractivity contribution < 1.29 is 14.7 Å². The maximum atomic E-state index is 12.2. The summed E-state index contributed by atoms with van der Waals surface area (Å²) in [5.74, 6) is -0.867. The summed E-state index contributed by atoms with van der Waals surface area (Å²) in [4.78, 5) is 27.0. The van der Waals surface area contributed by atoms with Crippen LogP contribution in [0.4, 0.5) is 5.69 Å². The van der Waals surface area contributed by atoms with Gasteiger partial charge in [0.25, 0.3) is 0 Å². The Morgan fingerprint density at radius 3 is 2.80 bits per heavy atom. The van der Waals surface area contributed by atoms with Gasteiger partial charge in [-0.1, -0.05) is 17.7 Å². The van der Waals surface area contributed by atoms with Crippen molar-refractivity contribution >= 4 is 41.6 Å². The fraction of sp³-hybridized carbons (Fsp3) is 0.529. The van der Waals surface area contributed by atoms with Crippen LogP contribution in [-0.2, 0) is 9.59 Å². The number of hydrogen-bond donors (Lipinski definition) is 2. The molecule has 1 fully saturated rings. The maximum absolute atomic E-state index is 12.2. The van der Waals surface area contributed by atoms with Crippen molar-refractivity contribution in [3.63, 3.8) is 0 Å². The van der Waals surface area contributed by atoms with Gasteiger partial charge in [0, 0.05) is 23.3 Å². The summed E-state index contributed by atoms with van der Waals surface area (Å²) in [6.45, 7) is 2.03. The van der Waals surface area contributed by atoms with E-state index < -0.39 is 5.97 Å². The van der Waals surface area contributed by atoms with Gasteiger partial charge < -0.3 is 10.4 Å². The Bertz CT molecular complexity index is 586. The Labute approximate surface area is 159 Å². The largest absolute Gasteiger partial charge is 0.480 e. The predicted molar refractivity (Wildman–Crippen MR) is 102 cm³/mol. The molecule has 0 saturated carbocycles. The van der Waals surface area contributed by atoms with Gasteiger partial charge in [-0.15, -0.1) is 12.4 Å². The van der Waals surface area contributed by atoms with Gasteiger partial charge in [0.15, 0.2) is 0 Å². The lowest BCUT2D eigenvalue weighted by Gasteiger charge is -2.25. The average Bonchev–Trinajstić information content (AvgIpc) is 2.72. The smallest absolute Gasteiger partial charge is 0.317 e. The molecular formula is C17H25Cl2N3O3. The molecule has 1 amide bonds. The van der Waals surface area contributed by atoms with Gasteiger partial charge in [-0.2, -0.15) is 0 Å². The van der Waals surface area contributed by atoms with Gasteiger partial charge in [-0.3, -0.25) is 19.4 Å². The molecule has 6 nitrogen and oxygen atoms in total. The van der Waals surface area contributed by atoms with Crippen LogP contribution in [-0.4, -0.2) is 66.1 Å². The number of carboxylic acids is 1. The minimum atomic E-state index is -0.806. The molecule has 1 aliphatic rings. The number of hydrogen-bond acceptors (Lipinski definition) is 4. The summed E-state index contributed by atoms with van der Waals surface area (Å²) in [7, 11) is 1.85. The van der Waals surface area contributed by atoms with Gasteiger partial charge in [-0.25, -0.2) is 0 Å². The first kappa shape index (κ1) is 21.7. The van der Waals surface area contributed by atoms with Crippen molar-refractivity contribution in [2.45, 2.75) is 25.3 Å². The van der Waals surface area contributed by atoms with E-state index in [0.29, 0.717) is 17.3 Å². The number of halogens is 2. The van der Waals surface area contributed by atoms with Crippen molar-refractivity contribution in [2.75, 3.05) is 38.5 Å². The number of rotatable bonds is 6. The molecule has 0 bridgehead atoms. The highest BCUT2D eigenvalue weighted by Gasteiger charge is 2.22. The van der Waals surface area contributed by atoms with E-state index in [-0.39, 0.29) is 30.9 Å². The molecule has 0 aliphatic carbocycles. The summed E-state index contributed by atoms with van der Waals surface area (Å²) in [6, 6.07) is 7.34. The first-order valence-electron chi connectivity index (χ1n) is 8.14. The number of carbonyl (C=O) groups excluding carboxylic acids is 1. The standard InChI is InChI=1S/C17H24ClN3O3.ClH/c1-20(12-17(23)24)15-6-3-8-21(9-7-15)11-16(22)19-14-5-2-4-13(18)10-14;/h2,4-5,10,15H,3,6-9,11-12H2,1H3,(H,19,22)(H,23,24);1H. The highest BCUT2D eigenvalue weighted by molar-refractivity contribution is 6.30. The molecule has 140 valence electrons. The number of likely N-dealkylation sites (tertiary alicyclic amines) is 1. The number of likely N-dealkylation sites (N-methyl/N-ethyl adjacent to an activating group) is 1. The lowest BCUT2D eigenvalue weighted by atomic mass is 10.1. The quantitative estimate of drug-likeness (QED) is 0.781. The van der Waals surface area contributed by atoms with Crippen LogP contribution in [0.5, 0.6) is 0 Å². The van der Waals surface area contributed by atoms with E-state index in [2.05, 4.69) is 10.2 Å². The van der Waals surface area contributed by atoms with E-state index in [9.17, 15) is 9.59 Å². The molecule has 1 aliphatic heterocycles. The molecule has 0 aromatic heterocycles. The first-order valence-corrected chi connectivity index (χ1v) is 8.51. The van der Waals surface area contributed by atoms with Crippen molar-refractivity contribution in [3.05, 3.63) is 29.3 Å². The first-order chi connectivity index (χ1) is 11.4. The Morgan fingerprint density at radius 2 is 2.12 bits per heavy atom. The summed E-state index contributed by atoms with van der Waals surface area (Å²) in [5, 5.41) is 12.3. The van der Waals surface area contributed by atoms with Crippen LogP contribution >= 0.6 is 24.0 Å². The molecule has 2 N–H and O–H groups in total. The van der Waals surface area contributed by atoms with Crippen LogP contribution in [0, 0.1) is 0 Å². The predicted octanol–water partition coefficient (Wildman–Crippen LogP) is 2.57. The number of benzene rings is 1. The van der Waals surface area contributed by atoms with Crippen molar-refractivity contribution in [1.82, 2.24) is 9.80 Å². The molecule has 1 atom stereocenters. The normalized spacial score (nSPS) is 18.3. The highest BCUT2D eigenvalue weighted by atomic mass is 35.5. The molecule has 1 unspecified atom stereocenters. The topological polar surface area (TPSA) is 72.9 Å². The molecule has 1 saturated heterocycles. The minimum absolute atomic E-state index is 0. The van der Waals surface area contributed by atoms with Crippen LogP contribution in [0.1, 0.15) is 19.3 Å². The fourth-order valence-electron chi connectivity index (χ4n) is 3.05. The number of amides is 1. The maximum Gasteiger partial charge on any atom is 0.317 e. The summed E-state index contributed by atoms with van der Waals surface area (Å²) in [6.07, 6.45) is 2.78. The molecule has 8 heteroatoms. The minimum Gasteiger partial charge on any atom is -0.480 e. The number of aliphatic carboxylic acids is 1. The van der Waals surface area contributed by atoms with E-state index in [1.807, 2.05) is 18.0 Å². The van der Waals surface area contributed by atoms with Crippen molar-refractivity contribution in [3.8, 4) is 0 Å². The SMILES string of the molecule is CN(CC(=O)O)C1CCCN(CC(=O)Nc2cccc(Cl)c2)CC1.Cl. The molecule has 2 rings (SSSR count). The summed E-state index contributed by atoms with van der Waals surface area (Å²) >= 11 is 5.92. The second kappa shape index (κ2) is 10.6. The zero-order valence-electron chi connectivity index (χ0n) is 14.3. The van der Waals surface area contributed by atoms with E-state index in [0.717, 1.165) is 32.4 Å². The Hall–Kier alpha value is -1.34. The van der Waals surface area contributed by atoms with E-state index in [1.54, 1.807) is 18.2 Å². The van der Waals surface area contributed by atoms with Crippen LogP contribution in [0.15, 0.2) is 24.3 Å². The molecule has 0 spiro atoms. The molecular weight excluding hydrogens is 365 g/mol. The van der Waals surface area contributed by atoms with E-state index in [4.69, 9.17) is 16.7 Å². The third kappa shape index (κ3) is 7.61. The molecule has 0 radical (unpaired) electrons. The van der Waals surface area contributed by atoms with Gasteiger partial charge in [-0.05, 0) is 51.1 Å². The van der Waals surface area contributed by atoms with Crippen LogP contribution in [0.2, 0.25) is 5.02 Å². The summed E-state index contributed by atoms with van der Waals surface area (Å²) < 4.78 is 0. The third-order valence-electron chi connectivity index (χ3n) is 4.27. The zero-order chi connectivity index (χ0) is 17.5. The highest BCUT2D eigenvalue weighted by Crippen LogP contribution is 2.17. The average molecular weight is 390 g/mol. The number of nitrogens with one attached hydrogen (secondary N) is 1. The van der Waals surface area contributed by atoms with Gasteiger partial charge in [0.05, 0.1) is 13.1 Å². The Balaban J connectivity index is 0.00000312. The molecule has 1 aromatic rings. The van der Waals surface area contributed by atoms with E-state index >= 15 is 0 Å². The van der Waals surface area contributed by atoms with Gasteiger partial charge in [0.2, 0.25) is 5.91 Å². The van der Waals surface area contributed by atoms with Crippen LogP contribution < -0.4 is 5.32 Å².